The van der Waals surface area contributed by atoms with Crippen LogP contribution in [0.1, 0.15) is 10.4 Å². The number of hydrogen-bond acceptors (Lipinski definition) is 3. The Kier molecular flexibility index (Phi) is 2.87. The normalized spacial score (nSPS) is 16.4. The molecular formula is C11H13N2O2. The maximum atomic E-state index is 12.0. The Hall–Kier alpha value is -1.55. The lowest BCUT2D eigenvalue weighted by Gasteiger charge is -2.26. The summed E-state index contributed by atoms with van der Waals surface area (Å²) >= 11 is 0. The van der Waals surface area contributed by atoms with E-state index in [1.807, 2.05) is 0 Å². The second-order valence-electron chi connectivity index (χ2n) is 3.44. The van der Waals surface area contributed by atoms with E-state index in [1.165, 1.54) is 0 Å². The van der Waals surface area contributed by atoms with Crippen LogP contribution in [-0.4, -0.2) is 37.1 Å². The molecule has 1 aliphatic rings. The van der Waals surface area contributed by atoms with E-state index in [0.717, 1.165) is 0 Å². The predicted molar refractivity (Wildman–Crippen MR) is 56.4 cm³/mol. The van der Waals surface area contributed by atoms with Crippen LogP contribution in [0, 0.1) is 6.07 Å². The molecule has 4 heteroatoms. The number of carbonyl (C=O) groups is 1. The van der Waals surface area contributed by atoms with Crippen LogP contribution in [0.4, 0.5) is 5.69 Å². The second-order valence-corrected chi connectivity index (χ2v) is 3.44. The Bertz CT molecular complexity index is 359. The summed E-state index contributed by atoms with van der Waals surface area (Å²) in [6.45, 7) is 2.52. The Morgan fingerprint density at radius 1 is 1.47 bits per heavy atom. The van der Waals surface area contributed by atoms with Gasteiger partial charge in [-0.3, -0.25) is 4.79 Å². The molecule has 2 N–H and O–H groups in total. The number of nitrogen functional groups attached to an aromatic ring is 1. The van der Waals surface area contributed by atoms with E-state index in [1.54, 1.807) is 23.1 Å². The van der Waals surface area contributed by atoms with Crippen LogP contribution < -0.4 is 5.73 Å². The van der Waals surface area contributed by atoms with Crippen molar-refractivity contribution in [1.29, 1.82) is 0 Å². The Balaban J connectivity index is 2.12. The fourth-order valence-corrected chi connectivity index (χ4v) is 1.57. The average molecular weight is 205 g/mol. The SMILES string of the molecule is Nc1[c]ccc(C(=O)N2CCOCC2)c1. The van der Waals surface area contributed by atoms with Crippen molar-refractivity contribution in [2.45, 2.75) is 0 Å². The van der Waals surface area contributed by atoms with Crippen molar-refractivity contribution in [2.24, 2.45) is 0 Å². The van der Waals surface area contributed by atoms with Gasteiger partial charge in [0, 0.05) is 30.4 Å². The summed E-state index contributed by atoms with van der Waals surface area (Å²) < 4.78 is 5.18. The quantitative estimate of drug-likeness (QED) is 0.681. The third-order valence-electron chi connectivity index (χ3n) is 2.37. The number of hydrogen-bond donors (Lipinski definition) is 1. The van der Waals surface area contributed by atoms with Gasteiger partial charge in [0.05, 0.1) is 13.2 Å². The number of morpholine rings is 1. The standard InChI is InChI=1S/C11H13N2O2/c12-10-3-1-2-9(8-10)11(14)13-4-6-15-7-5-13/h1-2,8H,4-7,12H2. The van der Waals surface area contributed by atoms with Crippen molar-refractivity contribution in [3.8, 4) is 0 Å². The Morgan fingerprint density at radius 3 is 2.87 bits per heavy atom. The number of nitrogens with two attached hydrogens (primary N) is 1. The van der Waals surface area contributed by atoms with Crippen molar-refractivity contribution in [3.05, 3.63) is 29.8 Å². The van der Waals surface area contributed by atoms with Crippen LogP contribution in [-0.2, 0) is 4.74 Å². The highest BCUT2D eigenvalue weighted by Crippen LogP contribution is 2.10. The first-order chi connectivity index (χ1) is 7.27. The van der Waals surface area contributed by atoms with Gasteiger partial charge in [-0.2, -0.15) is 0 Å². The Morgan fingerprint density at radius 2 is 2.20 bits per heavy atom. The molecule has 1 heterocycles. The number of benzene rings is 1. The fraction of sp³-hybridized carbons (Fsp3) is 0.364. The van der Waals surface area contributed by atoms with E-state index >= 15 is 0 Å². The molecule has 1 aliphatic heterocycles. The average Bonchev–Trinajstić information content (AvgIpc) is 2.29. The lowest BCUT2D eigenvalue weighted by atomic mass is 10.1. The van der Waals surface area contributed by atoms with Crippen molar-refractivity contribution in [1.82, 2.24) is 4.90 Å². The monoisotopic (exact) mass is 205 g/mol. The van der Waals surface area contributed by atoms with Gasteiger partial charge in [0.1, 0.15) is 0 Å². The zero-order valence-corrected chi connectivity index (χ0v) is 8.40. The van der Waals surface area contributed by atoms with E-state index in [-0.39, 0.29) is 5.91 Å². The summed E-state index contributed by atoms with van der Waals surface area (Å²) in [6, 6.07) is 7.86. The van der Waals surface area contributed by atoms with E-state index in [0.29, 0.717) is 37.6 Å². The molecule has 2 rings (SSSR count). The topological polar surface area (TPSA) is 55.6 Å². The summed E-state index contributed by atoms with van der Waals surface area (Å²) in [6.07, 6.45) is 0. The first-order valence-corrected chi connectivity index (χ1v) is 4.91. The molecule has 0 atom stereocenters. The van der Waals surface area contributed by atoms with Crippen LogP contribution in [0.2, 0.25) is 0 Å². The van der Waals surface area contributed by atoms with Gasteiger partial charge in [0.25, 0.3) is 5.91 Å². The molecule has 1 amide bonds. The maximum Gasteiger partial charge on any atom is 0.254 e. The van der Waals surface area contributed by atoms with Gasteiger partial charge in [-0.1, -0.05) is 6.07 Å². The number of carbonyl (C=O) groups excluding carboxylic acids is 1. The van der Waals surface area contributed by atoms with Crippen LogP contribution in [0.25, 0.3) is 0 Å². The van der Waals surface area contributed by atoms with Crippen molar-refractivity contribution >= 4 is 11.6 Å². The lowest BCUT2D eigenvalue weighted by molar-refractivity contribution is 0.0303. The first kappa shape index (κ1) is 9.98. The van der Waals surface area contributed by atoms with E-state index in [4.69, 9.17) is 10.5 Å². The molecule has 0 spiro atoms. The van der Waals surface area contributed by atoms with Gasteiger partial charge in [-0.05, 0) is 12.1 Å². The molecule has 1 radical (unpaired) electrons. The molecule has 15 heavy (non-hydrogen) atoms. The van der Waals surface area contributed by atoms with Crippen molar-refractivity contribution in [3.63, 3.8) is 0 Å². The number of amides is 1. The number of nitrogens with zero attached hydrogens (tertiary/aromatic N) is 1. The largest absolute Gasteiger partial charge is 0.398 e. The highest BCUT2D eigenvalue weighted by Gasteiger charge is 2.18. The minimum absolute atomic E-state index is 0.0130. The Labute approximate surface area is 88.6 Å². The van der Waals surface area contributed by atoms with E-state index in [9.17, 15) is 4.79 Å². The zero-order valence-electron chi connectivity index (χ0n) is 8.40. The van der Waals surface area contributed by atoms with Crippen LogP contribution >= 0.6 is 0 Å². The highest BCUT2D eigenvalue weighted by molar-refractivity contribution is 5.95. The lowest BCUT2D eigenvalue weighted by Crippen LogP contribution is -2.40. The molecule has 0 aromatic heterocycles. The zero-order chi connectivity index (χ0) is 10.7. The number of anilines is 1. The van der Waals surface area contributed by atoms with E-state index in [2.05, 4.69) is 6.07 Å². The molecule has 1 fully saturated rings. The van der Waals surface area contributed by atoms with Gasteiger partial charge in [0.15, 0.2) is 0 Å². The third-order valence-corrected chi connectivity index (χ3v) is 2.37. The maximum absolute atomic E-state index is 12.0. The van der Waals surface area contributed by atoms with Gasteiger partial charge in [0.2, 0.25) is 0 Å². The smallest absolute Gasteiger partial charge is 0.254 e. The van der Waals surface area contributed by atoms with Gasteiger partial charge < -0.3 is 15.4 Å². The molecule has 1 saturated heterocycles. The second kappa shape index (κ2) is 4.31. The minimum Gasteiger partial charge on any atom is -0.398 e. The van der Waals surface area contributed by atoms with Gasteiger partial charge >= 0.3 is 0 Å². The van der Waals surface area contributed by atoms with Gasteiger partial charge in [-0.25, -0.2) is 0 Å². The molecule has 4 nitrogen and oxygen atoms in total. The molecule has 0 bridgehead atoms. The van der Waals surface area contributed by atoms with Gasteiger partial charge in [-0.15, -0.1) is 0 Å². The first-order valence-electron chi connectivity index (χ1n) is 4.91. The number of rotatable bonds is 1. The minimum atomic E-state index is 0.0130. The van der Waals surface area contributed by atoms with Crippen molar-refractivity contribution in [2.75, 3.05) is 32.0 Å². The molecule has 0 aliphatic carbocycles. The molecule has 1 aromatic rings. The molecular weight excluding hydrogens is 192 g/mol. The summed E-state index contributed by atoms with van der Waals surface area (Å²) in [4.78, 5) is 13.7. The van der Waals surface area contributed by atoms with Crippen LogP contribution in [0.3, 0.4) is 0 Å². The van der Waals surface area contributed by atoms with Crippen LogP contribution in [0.15, 0.2) is 18.2 Å². The molecule has 79 valence electrons. The third kappa shape index (κ3) is 2.27. The predicted octanol–water partition coefficient (Wildman–Crippen LogP) is 0.541. The summed E-state index contributed by atoms with van der Waals surface area (Å²) in [5.74, 6) is 0.0130. The fourth-order valence-electron chi connectivity index (χ4n) is 1.57. The summed E-state index contributed by atoms with van der Waals surface area (Å²) in [7, 11) is 0. The van der Waals surface area contributed by atoms with Crippen molar-refractivity contribution < 1.29 is 9.53 Å². The van der Waals surface area contributed by atoms with Crippen LogP contribution in [0.5, 0.6) is 0 Å². The number of ether oxygens (including phenoxy) is 1. The summed E-state index contributed by atoms with van der Waals surface area (Å²) in [5, 5.41) is 0. The summed E-state index contributed by atoms with van der Waals surface area (Å²) in [5.41, 5.74) is 6.69. The van der Waals surface area contributed by atoms with E-state index < -0.39 is 0 Å². The molecule has 1 aromatic carbocycles. The molecule has 0 unspecified atom stereocenters. The molecule has 0 saturated carbocycles. The highest BCUT2D eigenvalue weighted by atomic mass is 16.5.